The lowest BCUT2D eigenvalue weighted by Gasteiger charge is -2.31. The predicted octanol–water partition coefficient (Wildman–Crippen LogP) is 2.30. The van der Waals surface area contributed by atoms with Crippen LogP contribution in [0.2, 0.25) is 0 Å². The molecule has 1 aromatic rings. The van der Waals surface area contributed by atoms with Crippen molar-refractivity contribution in [1.29, 1.82) is 0 Å². The number of rotatable bonds is 3. The van der Waals surface area contributed by atoms with Crippen LogP contribution in [0, 0.1) is 5.92 Å². The van der Waals surface area contributed by atoms with E-state index < -0.39 is 0 Å². The molecule has 20 heavy (non-hydrogen) atoms. The summed E-state index contributed by atoms with van der Waals surface area (Å²) in [5.41, 5.74) is 8.49. The van der Waals surface area contributed by atoms with Gasteiger partial charge in [0.25, 0.3) is 0 Å². The fraction of sp³-hybridized carbons (Fsp3) is 0.562. The van der Waals surface area contributed by atoms with E-state index >= 15 is 0 Å². The Kier molecular flexibility index (Phi) is 4.88. The number of piperidine rings is 1. The van der Waals surface area contributed by atoms with E-state index in [1.807, 2.05) is 14.1 Å². The first-order valence-corrected chi connectivity index (χ1v) is 7.37. The van der Waals surface area contributed by atoms with Gasteiger partial charge in [-0.25, -0.2) is 4.99 Å². The maximum Gasteiger partial charge on any atom is 0.191 e. The molecule has 2 rings (SSSR count). The largest absolute Gasteiger partial charge is 0.378 e. The predicted molar refractivity (Wildman–Crippen MR) is 86.1 cm³/mol. The van der Waals surface area contributed by atoms with Crippen molar-refractivity contribution in [3.05, 3.63) is 29.8 Å². The van der Waals surface area contributed by atoms with Gasteiger partial charge >= 0.3 is 0 Å². The van der Waals surface area contributed by atoms with E-state index in [0.29, 0.717) is 12.5 Å². The Bertz CT molecular complexity index is 442. The van der Waals surface area contributed by atoms with Gasteiger partial charge in [-0.05, 0) is 36.5 Å². The number of aliphatic imine (C=N–C) groups is 1. The third-order valence-electron chi connectivity index (χ3n) is 3.98. The molecule has 1 fully saturated rings. The highest BCUT2D eigenvalue weighted by atomic mass is 15.3. The molecule has 1 heterocycles. The summed E-state index contributed by atoms with van der Waals surface area (Å²) in [5, 5.41) is 0. The van der Waals surface area contributed by atoms with E-state index in [0.717, 1.165) is 19.0 Å². The van der Waals surface area contributed by atoms with E-state index in [1.165, 1.54) is 24.1 Å². The van der Waals surface area contributed by atoms with Crippen molar-refractivity contribution in [3.63, 3.8) is 0 Å². The van der Waals surface area contributed by atoms with Crippen molar-refractivity contribution in [3.8, 4) is 0 Å². The lowest BCUT2D eigenvalue weighted by Crippen LogP contribution is -2.42. The fourth-order valence-corrected chi connectivity index (χ4v) is 2.41. The summed E-state index contributed by atoms with van der Waals surface area (Å²) in [7, 11) is 4.09. The van der Waals surface area contributed by atoms with Crippen LogP contribution in [0.3, 0.4) is 0 Å². The van der Waals surface area contributed by atoms with Crippen LogP contribution in [0.1, 0.15) is 25.3 Å². The van der Waals surface area contributed by atoms with E-state index in [1.54, 1.807) is 0 Å². The molecule has 0 unspecified atom stereocenters. The number of guanidine groups is 1. The summed E-state index contributed by atoms with van der Waals surface area (Å²) in [5.74, 6) is 1.51. The highest BCUT2D eigenvalue weighted by molar-refractivity contribution is 5.78. The van der Waals surface area contributed by atoms with Crippen molar-refractivity contribution in [2.45, 2.75) is 26.3 Å². The molecule has 110 valence electrons. The van der Waals surface area contributed by atoms with Crippen molar-refractivity contribution in [1.82, 2.24) is 4.90 Å². The normalized spacial score (nSPS) is 17.4. The van der Waals surface area contributed by atoms with Crippen molar-refractivity contribution in [2.24, 2.45) is 16.6 Å². The van der Waals surface area contributed by atoms with Gasteiger partial charge in [-0.2, -0.15) is 0 Å². The minimum absolute atomic E-state index is 0.658. The van der Waals surface area contributed by atoms with Gasteiger partial charge in [0.2, 0.25) is 0 Å². The van der Waals surface area contributed by atoms with E-state index in [4.69, 9.17) is 5.73 Å². The van der Waals surface area contributed by atoms with Crippen LogP contribution in [0.5, 0.6) is 0 Å². The zero-order valence-corrected chi connectivity index (χ0v) is 12.8. The zero-order chi connectivity index (χ0) is 14.5. The van der Waals surface area contributed by atoms with Crippen LogP contribution in [0.25, 0.3) is 0 Å². The van der Waals surface area contributed by atoms with Gasteiger partial charge in [-0.3, -0.25) is 0 Å². The molecule has 4 heteroatoms. The van der Waals surface area contributed by atoms with Crippen LogP contribution < -0.4 is 10.6 Å². The average molecular weight is 274 g/mol. The van der Waals surface area contributed by atoms with Gasteiger partial charge in [0.05, 0.1) is 6.54 Å². The molecular weight excluding hydrogens is 248 g/mol. The minimum atomic E-state index is 0.658. The monoisotopic (exact) mass is 274 g/mol. The first kappa shape index (κ1) is 14.7. The van der Waals surface area contributed by atoms with E-state index in [-0.39, 0.29) is 0 Å². The third-order valence-corrected chi connectivity index (χ3v) is 3.98. The summed E-state index contributed by atoms with van der Waals surface area (Å²) < 4.78 is 0. The lowest BCUT2D eigenvalue weighted by molar-refractivity contribution is 0.277. The molecule has 0 radical (unpaired) electrons. The number of anilines is 1. The van der Waals surface area contributed by atoms with Gasteiger partial charge in [-0.1, -0.05) is 19.1 Å². The maximum atomic E-state index is 6.09. The molecular formula is C16H26N4. The molecule has 0 saturated carbocycles. The SMILES string of the molecule is CC1CCN(C(N)=NCc2ccc(N(C)C)cc2)CC1. The van der Waals surface area contributed by atoms with Gasteiger partial charge < -0.3 is 15.5 Å². The molecule has 0 spiro atoms. The van der Waals surface area contributed by atoms with Gasteiger partial charge in [-0.15, -0.1) is 0 Å². The number of benzene rings is 1. The van der Waals surface area contributed by atoms with Crippen molar-refractivity contribution < 1.29 is 0 Å². The molecule has 1 aromatic carbocycles. The minimum Gasteiger partial charge on any atom is -0.378 e. The Morgan fingerprint density at radius 1 is 1.25 bits per heavy atom. The average Bonchev–Trinajstić information content (AvgIpc) is 2.46. The quantitative estimate of drug-likeness (QED) is 0.679. The molecule has 0 aliphatic carbocycles. The number of nitrogens with zero attached hydrogens (tertiary/aromatic N) is 3. The summed E-state index contributed by atoms with van der Waals surface area (Å²) in [4.78, 5) is 8.82. The standard InChI is InChI=1S/C16H26N4/c1-13-8-10-20(11-9-13)16(17)18-12-14-4-6-15(7-5-14)19(2)3/h4-7,13H,8-12H2,1-3H3,(H2,17,18). The van der Waals surface area contributed by atoms with Crippen molar-refractivity contribution >= 4 is 11.6 Å². The van der Waals surface area contributed by atoms with E-state index in [2.05, 4.69) is 46.0 Å². The second-order valence-electron chi connectivity index (χ2n) is 5.90. The van der Waals surface area contributed by atoms with Crippen LogP contribution in [0.15, 0.2) is 29.3 Å². The van der Waals surface area contributed by atoms with Gasteiger partial charge in [0, 0.05) is 32.9 Å². The highest BCUT2D eigenvalue weighted by Crippen LogP contribution is 2.16. The van der Waals surface area contributed by atoms with Gasteiger partial charge in [0.15, 0.2) is 5.96 Å². The molecule has 2 N–H and O–H groups in total. The molecule has 0 amide bonds. The zero-order valence-electron chi connectivity index (χ0n) is 12.8. The van der Waals surface area contributed by atoms with Gasteiger partial charge in [0.1, 0.15) is 0 Å². The molecule has 1 aliphatic heterocycles. The molecule has 0 aromatic heterocycles. The summed E-state index contributed by atoms with van der Waals surface area (Å²) in [6.45, 7) is 5.04. The number of nitrogens with two attached hydrogens (primary N) is 1. The lowest BCUT2D eigenvalue weighted by atomic mass is 10.00. The van der Waals surface area contributed by atoms with Crippen LogP contribution in [0.4, 0.5) is 5.69 Å². The van der Waals surface area contributed by atoms with Crippen LogP contribution in [-0.4, -0.2) is 38.0 Å². The summed E-state index contributed by atoms with van der Waals surface area (Å²) in [6, 6.07) is 8.46. The van der Waals surface area contributed by atoms with E-state index in [9.17, 15) is 0 Å². The van der Waals surface area contributed by atoms with Crippen LogP contribution in [-0.2, 0) is 6.54 Å². The molecule has 4 nitrogen and oxygen atoms in total. The Hall–Kier alpha value is -1.71. The Morgan fingerprint density at radius 2 is 1.85 bits per heavy atom. The topological polar surface area (TPSA) is 44.9 Å². The third kappa shape index (κ3) is 3.89. The molecule has 1 saturated heterocycles. The first-order chi connectivity index (χ1) is 9.56. The number of likely N-dealkylation sites (tertiary alicyclic amines) is 1. The first-order valence-electron chi connectivity index (χ1n) is 7.37. The number of hydrogen-bond donors (Lipinski definition) is 1. The second kappa shape index (κ2) is 6.64. The smallest absolute Gasteiger partial charge is 0.191 e. The molecule has 0 atom stereocenters. The van der Waals surface area contributed by atoms with Crippen molar-refractivity contribution in [2.75, 3.05) is 32.1 Å². The van der Waals surface area contributed by atoms with Crippen LogP contribution >= 0.6 is 0 Å². The highest BCUT2D eigenvalue weighted by Gasteiger charge is 2.16. The molecule has 0 bridgehead atoms. The Morgan fingerprint density at radius 3 is 2.40 bits per heavy atom. The number of hydrogen-bond acceptors (Lipinski definition) is 2. The summed E-state index contributed by atoms with van der Waals surface area (Å²) in [6.07, 6.45) is 2.43. The Labute approximate surface area is 122 Å². The summed E-state index contributed by atoms with van der Waals surface area (Å²) >= 11 is 0. The Balaban J connectivity index is 1.91. The fourth-order valence-electron chi connectivity index (χ4n) is 2.41. The molecule has 1 aliphatic rings. The second-order valence-corrected chi connectivity index (χ2v) is 5.90. The maximum absolute atomic E-state index is 6.09.